The maximum absolute atomic E-state index is 12.6. The molecule has 0 fully saturated rings. The zero-order valence-electron chi connectivity index (χ0n) is 14.3. The topological polar surface area (TPSA) is 93.7 Å². The third kappa shape index (κ3) is 5.27. The molecule has 9 heteroatoms. The summed E-state index contributed by atoms with van der Waals surface area (Å²) >= 11 is 5.80. The molecule has 0 unspecified atom stereocenters. The fraction of sp³-hybridized carbons (Fsp3) is 0.235. The Bertz CT molecular complexity index is 869. The highest BCUT2D eigenvalue weighted by Gasteiger charge is 2.18. The van der Waals surface area contributed by atoms with E-state index < -0.39 is 16.1 Å². The Kier molecular flexibility index (Phi) is 6.70. The van der Waals surface area contributed by atoms with Gasteiger partial charge in [0.1, 0.15) is 5.75 Å². The number of benzene rings is 2. The number of carbonyl (C=O) groups is 1. The molecule has 0 aliphatic heterocycles. The summed E-state index contributed by atoms with van der Waals surface area (Å²) in [6.07, 6.45) is -0.700. The van der Waals surface area contributed by atoms with E-state index in [0.717, 1.165) is 0 Å². The molecule has 2 N–H and O–H groups in total. The van der Waals surface area contributed by atoms with Crippen molar-refractivity contribution >= 4 is 39.1 Å². The molecule has 0 heterocycles. The van der Waals surface area contributed by atoms with Gasteiger partial charge in [-0.05, 0) is 56.3 Å². The van der Waals surface area contributed by atoms with Crippen molar-refractivity contribution in [1.29, 1.82) is 0 Å². The highest BCUT2D eigenvalue weighted by molar-refractivity contribution is 7.92. The lowest BCUT2D eigenvalue weighted by molar-refractivity contribution is 0.167. The van der Waals surface area contributed by atoms with Crippen molar-refractivity contribution < 1.29 is 22.7 Å². The van der Waals surface area contributed by atoms with E-state index in [2.05, 4.69) is 10.0 Å². The van der Waals surface area contributed by atoms with Crippen LogP contribution in [0.25, 0.3) is 0 Å². The summed E-state index contributed by atoms with van der Waals surface area (Å²) in [6, 6.07) is 10.4. The minimum atomic E-state index is -3.87. The smallest absolute Gasteiger partial charge is 0.411 e. The second-order valence-electron chi connectivity index (χ2n) is 5.05. The molecular formula is C17H19ClN2O5S. The molecule has 1 amide bonds. The summed E-state index contributed by atoms with van der Waals surface area (Å²) < 4.78 is 37.9. The van der Waals surface area contributed by atoms with E-state index in [0.29, 0.717) is 23.1 Å². The molecule has 0 saturated carbocycles. The van der Waals surface area contributed by atoms with Crippen LogP contribution in [0.2, 0.25) is 5.02 Å². The number of sulfonamides is 1. The van der Waals surface area contributed by atoms with E-state index in [-0.39, 0.29) is 17.2 Å². The Morgan fingerprint density at radius 2 is 1.77 bits per heavy atom. The maximum Gasteiger partial charge on any atom is 0.411 e. The summed E-state index contributed by atoms with van der Waals surface area (Å²) in [5.74, 6) is 0.339. The van der Waals surface area contributed by atoms with Gasteiger partial charge >= 0.3 is 6.09 Å². The van der Waals surface area contributed by atoms with Crippen LogP contribution >= 0.6 is 11.6 Å². The van der Waals surface area contributed by atoms with Gasteiger partial charge in [-0.1, -0.05) is 11.6 Å². The van der Waals surface area contributed by atoms with Gasteiger partial charge in [0.05, 0.1) is 23.8 Å². The lowest BCUT2D eigenvalue weighted by atomic mass is 10.3. The molecular weight excluding hydrogens is 380 g/mol. The number of rotatable bonds is 7. The minimum absolute atomic E-state index is 0.0392. The lowest BCUT2D eigenvalue weighted by Crippen LogP contribution is -2.16. The van der Waals surface area contributed by atoms with Gasteiger partial charge in [-0.3, -0.25) is 10.0 Å². The van der Waals surface area contributed by atoms with Gasteiger partial charge in [-0.15, -0.1) is 0 Å². The summed E-state index contributed by atoms with van der Waals surface area (Å²) in [5, 5.41) is 2.98. The highest BCUT2D eigenvalue weighted by atomic mass is 35.5. The molecule has 0 aromatic heterocycles. The van der Waals surface area contributed by atoms with Crippen LogP contribution in [0.1, 0.15) is 13.8 Å². The quantitative estimate of drug-likeness (QED) is 0.732. The van der Waals surface area contributed by atoms with E-state index in [4.69, 9.17) is 21.1 Å². The van der Waals surface area contributed by atoms with Crippen LogP contribution in [0.3, 0.4) is 0 Å². The SMILES string of the molecule is CCOC(=O)Nc1cc(S(=O)(=O)Nc2ccc(Cl)cc2)ccc1OCC. The van der Waals surface area contributed by atoms with Gasteiger partial charge in [0.15, 0.2) is 0 Å². The molecule has 2 aromatic carbocycles. The Morgan fingerprint density at radius 3 is 2.38 bits per heavy atom. The lowest BCUT2D eigenvalue weighted by Gasteiger charge is -2.14. The third-order valence-electron chi connectivity index (χ3n) is 3.17. The minimum Gasteiger partial charge on any atom is -0.492 e. The van der Waals surface area contributed by atoms with Crippen LogP contribution in [-0.4, -0.2) is 27.7 Å². The first kappa shape index (κ1) is 19.9. The van der Waals surface area contributed by atoms with Crippen molar-refractivity contribution in [3.8, 4) is 5.75 Å². The fourth-order valence-electron chi connectivity index (χ4n) is 2.06. The molecule has 0 spiro atoms. The normalized spacial score (nSPS) is 10.9. The highest BCUT2D eigenvalue weighted by Crippen LogP contribution is 2.29. The Morgan fingerprint density at radius 1 is 1.08 bits per heavy atom. The fourth-order valence-corrected chi connectivity index (χ4v) is 3.27. The summed E-state index contributed by atoms with van der Waals surface area (Å²) in [4.78, 5) is 11.6. The van der Waals surface area contributed by atoms with Crippen LogP contribution in [0.4, 0.5) is 16.2 Å². The van der Waals surface area contributed by atoms with Gasteiger partial charge in [0.25, 0.3) is 10.0 Å². The molecule has 2 aromatic rings. The van der Waals surface area contributed by atoms with E-state index in [9.17, 15) is 13.2 Å². The van der Waals surface area contributed by atoms with Crippen LogP contribution in [0, 0.1) is 0 Å². The average Bonchev–Trinajstić information content (AvgIpc) is 2.58. The van der Waals surface area contributed by atoms with Crippen molar-refractivity contribution in [2.45, 2.75) is 18.7 Å². The van der Waals surface area contributed by atoms with Crippen LogP contribution in [-0.2, 0) is 14.8 Å². The van der Waals surface area contributed by atoms with Gasteiger partial charge in [-0.25, -0.2) is 13.2 Å². The van der Waals surface area contributed by atoms with Crippen molar-refractivity contribution in [1.82, 2.24) is 0 Å². The average molecular weight is 399 g/mol. The van der Waals surface area contributed by atoms with Crippen molar-refractivity contribution in [2.75, 3.05) is 23.3 Å². The van der Waals surface area contributed by atoms with Crippen molar-refractivity contribution in [2.24, 2.45) is 0 Å². The maximum atomic E-state index is 12.6. The van der Waals surface area contributed by atoms with Gasteiger partial charge in [-0.2, -0.15) is 0 Å². The molecule has 0 aliphatic rings. The molecule has 0 atom stereocenters. The largest absolute Gasteiger partial charge is 0.492 e. The number of nitrogens with one attached hydrogen (secondary N) is 2. The van der Waals surface area contributed by atoms with Crippen LogP contribution in [0.5, 0.6) is 5.75 Å². The number of ether oxygens (including phenoxy) is 2. The molecule has 2 rings (SSSR count). The molecule has 0 saturated heterocycles. The Labute approximate surface area is 157 Å². The molecule has 7 nitrogen and oxygen atoms in total. The third-order valence-corrected chi connectivity index (χ3v) is 4.80. The van der Waals surface area contributed by atoms with E-state index in [1.165, 1.54) is 18.2 Å². The Hall–Kier alpha value is -2.45. The predicted octanol–water partition coefficient (Wildman–Crippen LogP) is 4.11. The first-order chi connectivity index (χ1) is 12.4. The standard InChI is InChI=1S/C17H19ClN2O5S/c1-3-24-16-10-9-14(11-15(16)19-17(21)25-4-2)26(22,23)20-13-7-5-12(18)6-8-13/h5-11,20H,3-4H2,1-2H3,(H,19,21). The zero-order chi connectivity index (χ0) is 19.2. The van der Waals surface area contributed by atoms with Gasteiger partial charge in [0.2, 0.25) is 0 Å². The van der Waals surface area contributed by atoms with E-state index in [1.807, 2.05) is 0 Å². The summed E-state index contributed by atoms with van der Waals surface area (Å²) in [5.41, 5.74) is 0.562. The first-order valence-electron chi connectivity index (χ1n) is 7.84. The molecule has 0 bridgehead atoms. The second kappa shape index (κ2) is 8.77. The number of hydrogen-bond donors (Lipinski definition) is 2. The van der Waals surface area contributed by atoms with Crippen molar-refractivity contribution in [3.63, 3.8) is 0 Å². The number of halogens is 1. The number of amides is 1. The predicted molar refractivity (Wildman–Crippen MR) is 101 cm³/mol. The molecule has 0 radical (unpaired) electrons. The molecule has 26 heavy (non-hydrogen) atoms. The van der Waals surface area contributed by atoms with Gasteiger partial charge < -0.3 is 9.47 Å². The van der Waals surface area contributed by atoms with Crippen LogP contribution in [0.15, 0.2) is 47.4 Å². The van der Waals surface area contributed by atoms with Gasteiger partial charge in [0, 0.05) is 10.7 Å². The number of anilines is 2. The van der Waals surface area contributed by atoms with E-state index >= 15 is 0 Å². The van der Waals surface area contributed by atoms with Crippen molar-refractivity contribution in [3.05, 3.63) is 47.5 Å². The first-order valence-corrected chi connectivity index (χ1v) is 9.71. The molecule has 140 valence electrons. The second-order valence-corrected chi connectivity index (χ2v) is 7.17. The van der Waals surface area contributed by atoms with E-state index in [1.54, 1.807) is 38.1 Å². The summed E-state index contributed by atoms with van der Waals surface area (Å²) in [6.45, 7) is 3.99. The Balaban J connectivity index is 2.32. The number of carbonyl (C=O) groups excluding carboxylic acids is 1. The number of hydrogen-bond acceptors (Lipinski definition) is 5. The summed E-state index contributed by atoms with van der Waals surface area (Å²) in [7, 11) is -3.87. The van der Waals surface area contributed by atoms with Crippen LogP contribution < -0.4 is 14.8 Å². The monoisotopic (exact) mass is 398 g/mol. The zero-order valence-corrected chi connectivity index (χ0v) is 15.9. The molecule has 0 aliphatic carbocycles.